The van der Waals surface area contributed by atoms with E-state index in [2.05, 4.69) is 10.4 Å². The van der Waals surface area contributed by atoms with Crippen molar-refractivity contribution in [3.05, 3.63) is 65.5 Å². The maximum absolute atomic E-state index is 13.0. The maximum atomic E-state index is 13.0. The first kappa shape index (κ1) is 20.7. The van der Waals surface area contributed by atoms with Crippen LogP contribution >= 0.6 is 0 Å². The van der Waals surface area contributed by atoms with E-state index < -0.39 is 5.82 Å². The number of aromatic nitrogens is 2. The number of halogens is 1. The molecule has 0 saturated heterocycles. The zero-order chi connectivity index (χ0) is 22.0. The summed E-state index contributed by atoms with van der Waals surface area (Å²) in [6.07, 6.45) is 3.93. The molecule has 4 rings (SSSR count). The van der Waals surface area contributed by atoms with Gasteiger partial charge in [0.05, 0.1) is 17.7 Å². The molecule has 1 heterocycles. The van der Waals surface area contributed by atoms with Crippen LogP contribution in [0.3, 0.4) is 0 Å². The largest absolute Gasteiger partial charge is 0.393 e. The fourth-order valence-electron chi connectivity index (χ4n) is 3.91. The van der Waals surface area contributed by atoms with Gasteiger partial charge >= 0.3 is 0 Å². The van der Waals surface area contributed by atoms with Crippen molar-refractivity contribution in [1.82, 2.24) is 9.78 Å². The number of aliphatic hydroxyl groups excluding tert-OH is 1. The summed E-state index contributed by atoms with van der Waals surface area (Å²) in [6, 6.07) is 12.5. The number of amides is 1. The number of nitrogens with one attached hydrogen (secondary N) is 2. The maximum Gasteiger partial charge on any atom is 0.255 e. The van der Waals surface area contributed by atoms with Crippen LogP contribution in [-0.2, 0) is 0 Å². The quantitative estimate of drug-likeness (QED) is 0.466. The third-order valence-electron chi connectivity index (χ3n) is 5.66. The minimum atomic E-state index is -0.397. The molecule has 0 bridgehead atoms. The summed E-state index contributed by atoms with van der Waals surface area (Å²) in [4.78, 5) is 12.3. The normalized spacial score (nSPS) is 18.5. The summed E-state index contributed by atoms with van der Waals surface area (Å²) >= 11 is 0. The van der Waals surface area contributed by atoms with Crippen molar-refractivity contribution in [1.29, 1.82) is 5.41 Å². The molecule has 1 aromatic heterocycles. The lowest BCUT2D eigenvalue weighted by Gasteiger charge is -2.26. The summed E-state index contributed by atoms with van der Waals surface area (Å²) < 4.78 is 14.8. The van der Waals surface area contributed by atoms with Gasteiger partial charge in [0.1, 0.15) is 17.3 Å². The van der Waals surface area contributed by atoms with Crippen molar-refractivity contribution in [3.8, 4) is 11.3 Å². The number of rotatable bonds is 5. The van der Waals surface area contributed by atoms with E-state index in [1.165, 1.54) is 30.5 Å². The van der Waals surface area contributed by atoms with Gasteiger partial charge in [0, 0.05) is 23.0 Å². The van der Waals surface area contributed by atoms with Crippen molar-refractivity contribution in [3.63, 3.8) is 0 Å². The van der Waals surface area contributed by atoms with Gasteiger partial charge in [-0.3, -0.25) is 4.79 Å². The molecule has 1 amide bonds. The van der Waals surface area contributed by atoms with E-state index in [0.29, 0.717) is 41.2 Å². The number of nitrogens with two attached hydrogens (primary N) is 1. The number of hydrogen-bond donors (Lipinski definition) is 4. The molecule has 1 aliphatic carbocycles. The highest BCUT2D eigenvalue weighted by Crippen LogP contribution is 2.34. The Hall–Kier alpha value is -3.52. The molecule has 1 aliphatic rings. The highest BCUT2D eigenvalue weighted by atomic mass is 19.1. The van der Waals surface area contributed by atoms with Crippen LogP contribution in [0.2, 0.25) is 0 Å². The van der Waals surface area contributed by atoms with E-state index in [4.69, 9.17) is 11.1 Å². The summed E-state index contributed by atoms with van der Waals surface area (Å²) in [7, 11) is 0. The standard InChI is InChI=1S/C23H24FN5O2/c24-16-5-1-15(2-6-16)23(31)27-17-7-3-14(4-8-17)21-20(13-25)22(26)29(28-21)18-9-11-19(30)12-10-18/h1-8,13,18-19,25,30H,9-12,26H2,(H,27,31). The average molecular weight is 421 g/mol. The molecule has 1 fully saturated rings. The zero-order valence-electron chi connectivity index (χ0n) is 16.9. The topological polar surface area (TPSA) is 117 Å². The summed E-state index contributed by atoms with van der Waals surface area (Å²) in [5, 5.41) is 25.0. The Morgan fingerprint density at radius 1 is 1.13 bits per heavy atom. The van der Waals surface area contributed by atoms with Crippen LogP contribution in [0, 0.1) is 11.2 Å². The molecule has 1 saturated carbocycles. The second kappa shape index (κ2) is 8.69. The number of hydrogen-bond acceptors (Lipinski definition) is 5. The number of aliphatic hydroxyl groups is 1. The van der Waals surface area contributed by atoms with Gasteiger partial charge in [-0.1, -0.05) is 12.1 Å². The number of anilines is 2. The number of nitrogen functional groups attached to an aromatic ring is 1. The molecule has 0 spiro atoms. The van der Waals surface area contributed by atoms with Gasteiger partial charge < -0.3 is 21.6 Å². The van der Waals surface area contributed by atoms with E-state index in [1.807, 2.05) is 12.1 Å². The first-order valence-corrected chi connectivity index (χ1v) is 10.2. The lowest BCUT2D eigenvalue weighted by molar-refractivity contribution is 0.102. The monoisotopic (exact) mass is 421 g/mol. The van der Waals surface area contributed by atoms with Crippen LogP contribution in [0.4, 0.5) is 15.9 Å². The zero-order valence-corrected chi connectivity index (χ0v) is 16.9. The summed E-state index contributed by atoms with van der Waals surface area (Å²) in [5.41, 5.74) is 9.17. The molecule has 3 aromatic rings. The molecule has 5 N–H and O–H groups in total. The van der Waals surface area contributed by atoms with Crippen LogP contribution in [0.1, 0.15) is 47.6 Å². The first-order chi connectivity index (χ1) is 15.0. The fraction of sp³-hybridized carbons (Fsp3) is 0.261. The molecule has 0 unspecified atom stereocenters. The van der Waals surface area contributed by atoms with Gasteiger partial charge in [-0.05, 0) is 62.1 Å². The van der Waals surface area contributed by atoms with Crippen molar-refractivity contribution >= 4 is 23.6 Å². The van der Waals surface area contributed by atoms with Crippen LogP contribution in [0.15, 0.2) is 48.5 Å². The Kier molecular flexibility index (Phi) is 5.81. The Morgan fingerprint density at radius 3 is 2.39 bits per heavy atom. The van der Waals surface area contributed by atoms with E-state index in [9.17, 15) is 14.3 Å². The van der Waals surface area contributed by atoms with Crippen molar-refractivity contribution in [2.45, 2.75) is 37.8 Å². The van der Waals surface area contributed by atoms with E-state index in [1.54, 1.807) is 16.8 Å². The second-order valence-electron chi connectivity index (χ2n) is 7.74. The molecule has 7 nitrogen and oxygen atoms in total. The Morgan fingerprint density at radius 2 is 1.77 bits per heavy atom. The molecule has 8 heteroatoms. The minimum Gasteiger partial charge on any atom is -0.393 e. The molecule has 31 heavy (non-hydrogen) atoms. The van der Waals surface area contributed by atoms with Gasteiger partial charge in [-0.15, -0.1) is 0 Å². The number of carbonyl (C=O) groups excluding carboxylic acids is 1. The first-order valence-electron chi connectivity index (χ1n) is 10.2. The highest BCUT2D eigenvalue weighted by Gasteiger charge is 2.25. The highest BCUT2D eigenvalue weighted by molar-refractivity contribution is 6.04. The molecule has 160 valence electrons. The van der Waals surface area contributed by atoms with Crippen molar-refractivity contribution < 1.29 is 14.3 Å². The lowest BCUT2D eigenvalue weighted by atomic mass is 9.93. The van der Waals surface area contributed by atoms with Crippen LogP contribution in [0.5, 0.6) is 0 Å². The van der Waals surface area contributed by atoms with Crippen molar-refractivity contribution in [2.75, 3.05) is 11.1 Å². The number of nitrogens with zero attached hydrogens (tertiary/aromatic N) is 2. The molecule has 2 aromatic carbocycles. The molecule has 0 aliphatic heterocycles. The number of carbonyl (C=O) groups is 1. The van der Waals surface area contributed by atoms with Gasteiger partial charge in [0.25, 0.3) is 5.91 Å². The van der Waals surface area contributed by atoms with Gasteiger partial charge in [0.2, 0.25) is 0 Å². The van der Waals surface area contributed by atoms with Crippen LogP contribution in [-0.4, -0.2) is 33.1 Å². The van der Waals surface area contributed by atoms with E-state index >= 15 is 0 Å². The Balaban J connectivity index is 1.54. The van der Waals surface area contributed by atoms with E-state index in [-0.39, 0.29) is 18.1 Å². The van der Waals surface area contributed by atoms with Gasteiger partial charge in [-0.25, -0.2) is 9.07 Å². The molecule has 0 radical (unpaired) electrons. The summed E-state index contributed by atoms with van der Waals surface area (Å²) in [5.74, 6) is -0.285. The second-order valence-corrected chi connectivity index (χ2v) is 7.74. The van der Waals surface area contributed by atoms with Crippen LogP contribution < -0.4 is 11.1 Å². The SMILES string of the molecule is N=Cc1c(-c2ccc(NC(=O)c3ccc(F)cc3)cc2)nn(C2CCC(O)CC2)c1N. The smallest absolute Gasteiger partial charge is 0.255 e. The van der Waals surface area contributed by atoms with Gasteiger partial charge in [0.15, 0.2) is 0 Å². The molecular weight excluding hydrogens is 397 g/mol. The number of benzene rings is 2. The Labute approximate surface area is 179 Å². The van der Waals surface area contributed by atoms with Crippen molar-refractivity contribution in [2.24, 2.45) is 0 Å². The molecular formula is C23H24FN5O2. The fourth-order valence-corrected chi connectivity index (χ4v) is 3.91. The molecule has 0 atom stereocenters. The average Bonchev–Trinajstić information content (AvgIpc) is 3.11. The van der Waals surface area contributed by atoms with E-state index in [0.717, 1.165) is 18.4 Å². The third kappa shape index (κ3) is 4.34. The Bertz CT molecular complexity index is 1080. The third-order valence-corrected chi connectivity index (χ3v) is 5.66. The lowest BCUT2D eigenvalue weighted by Crippen LogP contribution is -2.22. The van der Waals surface area contributed by atoms with Crippen LogP contribution in [0.25, 0.3) is 11.3 Å². The summed E-state index contributed by atoms with van der Waals surface area (Å²) in [6.45, 7) is 0. The minimum absolute atomic E-state index is 0.102. The predicted molar refractivity (Wildman–Crippen MR) is 118 cm³/mol. The van der Waals surface area contributed by atoms with Gasteiger partial charge in [-0.2, -0.15) is 5.10 Å². The predicted octanol–water partition coefficient (Wildman–Crippen LogP) is 4.00.